The van der Waals surface area contributed by atoms with E-state index < -0.39 is 42.0 Å². The van der Waals surface area contributed by atoms with Crippen molar-refractivity contribution < 1.29 is 66.7 Å². The molecule has 0 spiro atoms. The van der Waals surface area contributed by atoms with Crippen LogP contribution in [0.1, 0.15) is 246 Å². The molecule has 0 N–H and O–H groups in total. The van der Waals surface area contributed by atoms with Gasteiger partial charge in [0.25, 0.3) is 0 Å². The van der Waals surface area contributed by atoms with Gasteiger partial charge in [0.15, 0.2) is 0 Å². The van der Waals surface area contributed by atoms with Gasteiger partial charge in [-0.3, -0.25) is 33.7 Å². The van der Waals surface area contributed by atoms with E-state index in [-0.39, 0.29) is 121 Å². The minimum absolute atomic E-state index is 0.00571. The monoisotopic (exact) mass is 1080 g/mol. The van der Waals surface area contributed by atoms with Gasteiger partial charge in [0.1, 0.15) is 12.7 Å². The average molecular weight is 1080 g/mol. The summed E-state index contributed by atoms with van der Waals surface area (Å²) in [5.74, 6) is -3.87. The molecule has 0 aliphatic carbocycles. The zero-order chi connectivity index (χ0) is 55.4. The number of unbranched alkanes of at least 4 members (excludes halogenated alkanes) is 20. The molecule has 16 heteroatoms. The highest BCUT2D eigenvalue weighted by Gasteiger charge is 2.40. The lowest BCUT2D eigenvalue weighted by Crippen LogP contribution is -2.40. The third-order valence-corrected chi connectivity index (χ3v) is 14.5. The van der Waals surface area contributed by atoms with Crippen LogP contribution in [0, 0.1) is 17.8 Å². The lowest BCUT2D eigenvalue weighted by atomic mass is 10.1. The summed E-state index contributed by atoms with van der Waals surface area (Å²) in [7, 11) is 2.06. The molecule has 0 saturated carbocycles. The fourth-order valence-electron chi connectivity index (χ4n) is 9.80. The molecule has 16 nitrogen and oxygen atoms in total. The number of carbonyl (C=O) groups excluding carboxylic acids is 7. The van der Waals surface area contributed by atoms with E-state index in [0.29, 0.717) is 25.7 Å². The number of likely N-dealkylation sites (tertiary alicyclic amines) is 2. The fourth-order valence-corrected chi connectivity index (χ4v) is 9.80. The molecule has 2 aliphatic rings. The standard InChI is InChI=1S/C60H106N2O14/c1-6-10-14-18-22-26-33-54(63)70-44-50(45-71-55(64)34-27-23-19-15-11-7-2)38-58(67)74-48-52-40-53(42-62(52)60(69)75-43-49-32-30-31-37-61(5)41-49)76-59(68)39-51(46-72-56(65)35-28-24-20-16-12-8-3)47-73-57(66)36-29-25-21-17-13-9-4/h49-53H,6-48H2,1-5H3/t49?,52-,53+/m0/s1. The Bertz CT molecular complexity index is 1510. The van der Waals surface area contributed by atoms with E-state index in [1.165, 1.54) is 4.90 Å². The van der Waals surface area contributed by atoms with E-state index in [1.807, 2.05) is 0 Å². The molecule has 1 unspecified atom stereocenters. The first kappa shape index (κ1) is 68.2. The quantitative estimate of drug-likeness (QED) is 0.0318. The predicted molar refractivity (Wildman–Crippen MR) is 294 cm³/mol. The van der Waals surface area contributed by atoms with Gasteiger partial charge in [0, 0.05) is 56.4 Å². The first-order chi connectivity index (χ1) is 36.9. The van der Waals surface area contributed by atoms with Gasteiger partial charge in [-0.05, 0) is 52.1 Å². The number of hydrogen-bond acceptors (Lipinski definition) is 15. The molecule has 2 fully saturated rings. The largest absolute Gasteiger partial charge is 0.465 e. The topological polar surface area (TPSA) is 191 Å². The Balaban J connectivity index is 2.15. The summed E-state index contributed by atoms with van der Waals surface area (Å²) in [6.45, 7) is 9.90. The summed E-state index contributed by atoms with van der Waals surface area (Å²) in [4.78, 5) is 95.9. The van der Waals surface area contributed by atoms with Crippen molar-refractivity contribution in [2.45, 2.75) is 258 Å². The van der Waals surface area contributed by atoms with Gasteiger partial charge in [0.2, 0.25) is 0 Å². The van der Waals surface area contributed by atoms with Crippen molar-refractivity contribution in [1.29, 1.82) is 0 Å². The van der Waals surface area contributed by atoms with Crippen molar-refractivity contribution in [2.75, 3.05) is 66.3 Å². The van der Waals surface area contributed by atoms with Gasteiger partial charge in [-0.2, -0.15) is 0 Å². The maximum Gasteiger partial charge on any atom is 0.410 e. The van der Waals surface area contributed by atoms with Crippen LogP contribution in [0.3, 0.4) is 0 Å². The van der Waals surface area contributed by atoms with Crippen LogP contribution in [-0.2, 0) is 61.9 Å². The second kappa shape index (κ2) is 45.0. The predicted octanol–water partition coefficient (Wildman–Crippen LogP) is 12.6. The Morgan fingerprint density at radius 3 is 1.25 bits per heavy atom. The van der Waals surface area contributed by atoms with Gasteiger partial charge < -0.3 is 38.1 Å². The van der Waals surface area contributed by atoms with Gasteiger partial charge in [-0.15, -0.1) is 0 Å². The van der Waals surface area contributed by atoms with E-state index in [1.54, 1.807) is 0 Å². The molecule has 0 aromatic carbocycles. The molecule has 3 atom stereocenters. The highest BCUT2D eigenvalue weighted by molar-refractivity contribution is 5.73. The zero-order valence-corrected chi connectivity index (χ0v) is 48.4. The highest BCUT2D eigenvalue weighted by atomic mass is 16.6. The maximum absolute atomic E-state index is 13.9. The Labute approximate surface area is 459 Å². The number of nitrogens with zero attached hydrogens (tertiary/aromatic N) is 2. The smallest absolute Gasteiger partial charge is 0.410 e. The van der Waals surface area contributed by atoms with Crippen LogP contribution in [0.25, 0.3) is 0 Å². The van der Waals surface area contributed by atoms with E-state index in [9.17, 15) is 33.6 Å². The number of esters is 6. The molecule has 2 aliphatic heterocycles. The van der Waals surface area contributed by atoms with Crippen LogP contribution in [0.15, 0.2) is 0 Å². The third-order valence-electron chi connectivity index (χ3n) is 14.5. The van der Waals surface area contributed by atoms with Crippen LogP contribution in [0.4, 0.5) is 4.79 Å². The first-order valence-corrected chi connectivity index (χ1v) is 30.5. The van der Waals surface area contributed by atoms with Crippen molar-refractivity contribution in [3.63, 3.8) is 0 Å². The Morgan fingerprint density at radius 2 is 0.829 bits per heavy atom. The second-order valence-electron chi connectivity index (χ2n) is 22.0. The van der Waals surface area contributed by atoms with Crippen molar-refractivity contribution in [2.24, 2.45) is 17.8 Å². The summed E-state index contributed by atoms with van der Waals surface area (Å²) >= 11 is 0. The summed E-state index contributed by atoms with van der Waals surface area (Å²) in [5, 5.41) is 0. The molecule has 0 bridgehead atoms. The molecule has 440 valence electrons. The highest BCUT2D eigenvalue weighted by Crippen LogP contribution is 2.25. The first-order valence-electron chi connectivity index (χ1n) is 30.5. The van der Waals surface area contributed by atoms with Crippen LogP contribution in [-0.4, -0.2) is 130 Å². The zero-order valence-electron chi connectivity index (χ0n) is 48.4. The summed E-state index contributed by atoms with van der Waals surface area (Å²) in [5.41, 5.74) is 0. The van der Waals surface area contributed by atoms with E-state index in [4.69, 9.17) is 33.2 Å². The maximum atomic E-state index is 13.9. The molecular weight excluding hydrogens is 973 g/mol. The number of ether oxygens (including phenoxy) is 7. The lowest BCUT2D eigenvalue weighted by Gasteiger charge is -2.25. The second-order valence-corrected chi connectivity index (χ2v) is 22.0. The molecule has 2 saturated heterocycles. The lowest BCUT2D eigenvalue weighted by molar-refractivity contribution is -0.157. The molecule has 0 aromatic rings. The number of amides is 1. The minimum Gasteiger partial charge on any atom is -0.465 e. The SMILES string of the molecule is CCCCCCCCC(=O)OCC(COC(=O)CCCCCCCC)CC(=O)OC[C@@H]1C[C@@H](OC(=O)CC(COC(=O)CCCCCCCC)COC(=O)CCCCCCCC)CN1C(=O)OCC1CCCCN(C)C1. The third kappa shape index (κ3) is 35.5. The van der Waals surface area contributed by atoms with Crippen LogP contribution < -0.4 is 0 Å². The van der Waals surface area contributed by atoms with E-state index >= 15 is 0 Å². The minimum atomic E-state index is -0.774. The van der Waals surface area contributed by atoms with E-state index in [0.717, 1.165) is 161 Å². The van der Waals surface area contributed by atoms with Crippen molar-refractivity contribution >= 4 is 41.9 Å². The number of hydrogen-bond donors (Lipinski definition) is 0. The molecule has 2 heterocycles. The van der Waals surface area contributed by atoms with Gasteiger partial charge in [-0.25, -0.2) is 4.79 Å². The van der Waals surface area contributed by atoms with Crippen molar-refractivity contribution in [3.05, 3.63) is 0 Å². The summed E-state index contributed by atoms with van der Waals surface area (Å²) in [6, 6.07) is -0.698. The Kier molecular flexibility index (Phi) is 40.3. The van der Waals surface area contributed by atoms with Crippen LogP contribution in [0.5, 0.6) is 0 Å². The van der Waals surface area contributed by atoms with Gasteiger partial charge in [-0.1, -0.05) is 163 Å². The average Bonchev–Trinajstić information content (AvgIpc) is 3.68. The summed E-state index contributed by atoms with van der Waals surface area (Å²) < 4.78 is 40.1. The fraction of sp³-hybridized carbons (Fsp3) is 0.883. The van der Waals surface area contributed by atoms with Crippen molar-refractivity contribution in [1.82, 2.24) is 9.80 Å². The summed E-state index contributed by atoms with van der Waals surface area (Å²) in [6.07, 6.45) is 26.9. The van der Waals surface area contributed by atoms with Gasteiger partial charge in [0.05, 0.1) is 58.5 Å². The molecular formula is C60H106N2O14. The molecule has 0 aromatic heterocycles. The van der Waals surface area contributed by atoms with Gasteiger partial charge >= 0.3 is 41.9 Å². The normalized spacial score (nSPS) is 16.8. The van der Waals surface area contributed by atoms with Crippen molar-refractivity contribution in [3.8, 4) is 0 Å². The molecule has 2 rings (SSSR count). The molecule has 0 radical (unpaired) electrons. The molecule has 1 amide bonds. The number of rotatable bonds is 45. The van der Waals surface area contributed by atoms with Crippen LogP contribution >= 0.6 is 0 Å². The Morgan fingerprint density at radius 1 is 0.434 bits per heavy atom. The van der Waals surface area contributed by atoms with Crippen LogP contribution in [0.2, 0.25) is 0 Å². The Hall–Kier alpha value is -3.95. The number of carbonyl (C=O) groups is 7. The molecule has 76 heavy (non-hydrogen) atoms. The van der Waals surface area contributed by atoms with E-state index in [2.05, 4.69) is 39.6 Å².